The van der Waals surface area contributed by atoms with E-state index in [1.807, 2.05) is 50.2 Å². The zero-order valence-electron chi connectivity index (χ0n) is 15.0. The quantitative estimate of drug-likeness (QED) is 0.646. The highest BCUT2D eigenvalue weighted by molar-refractivity contribution is 5.95. The second-order valence-electron chi connectivity index (χ2n) is 5.30. The lowest BCUT2D eigenvalue weighted by atomic mass is 10.3. The molecule has 2 aromatic rings. The van der Waals surface area contributed by atoms with Crippen LogP contribution in [-0.2, 0) is 14.3 Å². The van der Waals surface area contributed by atoms with Gasteiger partial charge in [-0.05, 0) is 38.1 Å². The van der Waals surface area contributed by atoms with E-state index < -0.39 is 5.97 Å². The number of carbonyl (C=O) groups is 2. The lowest BCUT2D eigenvalue weighted by Gasteiger charge is -2.20. The molecule has 0 N–H and O–H groups in total. The highest BCUT2D eigenvalue weighted by Crippen LogP contribution is 2.26. The highest BCUT2D eigenvalue weighted by Gasteiger charge is 2.16. The minimum absolute atomic E-state index is 0.290. The molecule has 26 heavy (non-hydrogen) atoms. The summed E-state index contributed by atoms with van der Waals surface area (Å²) in [6.07, 6.45) is 0. The number of hydrogen-bond acceptors (Lipinski definition) is 5. The molecule has 2 aromatic carbocycles. The number of para-hydroxylation sites is 3. The van der Waals surface area contributed by atoms with E-state index in [4.69, 9.17) is 14.2 Å². The Balaban J connectivity index is 1.84. The molecule has 0 saturated heterocycles. The van der Waals surface area contributed by atoms with Gasteiger partial charge in [0.25, 0.3) is 5.91 Å². The van der Waals surface area contributed by atoms with Crippen LogP contribution in [0.2, 0.25) is 0 Å². The molecular formula is C20H23NO5. The average Bonchev–Trinajstić information content (AvgIpc) is 2.67. The first kappa shape index (κ1) is 19.3. The Kier molecular flexibility index (Phi) is 7.49. The van der Waals surface area contributed by atoms with Crippen LogP contribution >= 0.6 is 0 Å². The average molecular weight is 357 g/mol. The molecule has 0 spiro atoms. The van der Waals surface area contributed by atoms with Crippen LogP contribution < -0.4 is 14.4 Å². The summed E-state index contributed by atoms with van der Waals surface area (Å²) in [6, 6.07) is 16.3. The third-order valence-corrected chi connectivity index (χ3v) is 3.54. The van der Waals surface area contributed by atoms with Crippen molar-refractivity contribution in [2.45, 2.75) is 13.8 Å². The Morgan fingerprint density at radius 1 is 0.846 bits per heavy atom. The van der Waals surface area contributed by atoms with Gasteiger partial charge in [0.2, 0.25) is 0 Å². The smallest absolute Gasteiger partial charge is 0.344 e. The van der Waals surface area contributed by atoms with E-state index in [0.717, 1.165) is 5.69 Å². The van der Waals surface area contributed by atoms with Crippen LogP contribution in [0.3, 0.4) is 0 Å². The minimum Gasteiger partial charge on any atom is -0.490 e. The summed E-state index contributed by atoms with van der Waals surface area (Å²) in [6.45, 7) is 4.07. The van der Waals surface area contributed by atoms with E-state index in [2.05, 4.69) is 0 Å². The molecule has 0 heterocycles. The monoisotopic (exact) mass is 357 g/mol. The van der Waals surface area contributed by atoms with Gasteiger partial charge in [0.05, 0.1) is 6.61 Å². The van der Waals surface area contributed by atoms with Crippen LogP contribution in [0, 0.1) is 0 Å². The molecule has 0 aromatic heterocycles. The van der Waals surface area contributed by atoms with Crippen molar-refractivity contribution in [3.63, 3.8) is 0 Å². The molecule has 0 bridgehead atoms. The number of ether oxygens (including phenoxy) is 3. The summed E-state index contributed by atoms with van der Waals surface area (Å²) in [4.78, 5) is 25.7. The van der Waals surface area contributed by atoms with Crippen molar-refractivity contribution >= 4 is 17.6 Å². The Labute approximate surface area is 153 Å². The lowest BCUT2D eigenvalue weighted by molar-refractivity contribution is -0.149. The van der Waals surface area contributed by atoms with Crippen LogP contribution in [0.15, 0.2) is 54.6 Å². The van der Waals surface area contributed by atoms with E-state index in [1.165, 1.54) is 0 Å². The van der Waals surface area contributed by atoms with Gasteiger partial charge in [-0.15, -0.1) is 0 Å². The van der Waals surface area contributed by atoms with Gasteiger partial charge in [-0.2, -0.15) is 0 Å². The second kappa shape index (κ2) is 10.1. The Morgan fingerprint density at radius 3 is 2.08 bits per heavy atom. The lowest BCUT2D eigenvalue weighted by Crippen LogP contribution is -2.35. The van der Waals surface area contributed by atoms with Gasteiger partial charge in [0.15, 0.2) is 24.7 Å². The van der Waals surface area contributed by atoms with Crippen molar-refractivity contribution in [1.82, 2.24) is 0 Å². The fourth-order valence-electron chi connectivity index (χ4n) is 2.35. The molecule has 2 rings (SSSR count). The maximum atomic E-state index is 12.3. The second-order valence-corrected chi connectivity index (χ2v) is 5.30. The van der Waals surface area contributed by atoms with E-state index in [1.54, 1.807) is 23.1 Å². The Hall–Kier alpha value is -3.02. The van der Waals surface area contributed by atoms with E-state index in [0.29, 0.717) is 24.7 Å². The zero-order valence-corrected chi connectivity index (χ0v) is 15.0. The van der Waals surface area contributed by atoms with Crippen LogP contribution in [0.4, 0.5) is 5.69 Å². The number of amides is 1. The molecule has 0 saturated carbocycles. The molecular weight excluding hydrogens is 334 g/mol. The number of rotatable bonds is 9. The van der Waals surface area contributed by atoms with Crippen molar-refractivity contribution in [3.8, 4) is 11.5 Å². The summed E-state index contributed by atoms with van der Waals surface area (Å²) < 4.78 is 15.9. The fraction of sp³-hybridized carbons (Fsp3) is 0.300. The molecule has 1 amide bonds. The first-order chi connectivity index (χ1) is 12.7. The standard InChI is InChI=1S/C20H23NO5/c1-3-21(16-10-6-5-7-11-16)19(22)14-26-20(23)15-25-18-13-9-8-12-17(18)24-4-2/h5-13H,3-4,14-15H2,1-2H3. The summed E-state index contributed by atoms with van der Waals surface area (Å²) in [5, 5.41) is 0. The minimum atomic E-state index is -0.617. The van der Waals surface area contributed by atoms with Gasteiger partial charge in [0.1, 0.15) is 0 Å². The van der Waals surface area contributed by atoms with Crippen LogP contribution in [-0.4, -0.2) is 38.2 Å². The van der Waals surface area contributed by atoms with Crippen molar-refractivity contribution < 1.29 is 23.8 Å². The Morgan fingerprint density at radius 2 is 1.46 bits per heavy atom. The van der Waals surface area contributed by atoms with Crippen LogP contribution in [0.25, 0.3) is 0 Å². The summed E-state index contributed by atoms with van der Waals surface area (Å²) in [5.41, 5.74) is 0.762. The number of anilines is 1. The van der Waals surface area contributed by atoms with Gasteiger partial charge in [0, 0.05) is 12.2 Å². The number of likely N-dealkylation sites (N-methyl/N-ethyl adjacent to an activating group) is 1. The fourth-order valence-corrected chi connectivity index (χ4v) is 2.35. The summed E-state index contributed by atoms with van der Waals surface area (Å²) in [7, 11) is 0. The molecule has 0 atom stereocenters. The van der Waals surface area contributed by atoms with E-state index in [9.17, 15) is 9.59 Å². The molecule has 0 radical (unpaired) electrons. The van der Waals surface area contributed by atoms with E-state index in [-0.39, 0.29) is 19.1 Å². The molecule has 6 nitrogen and oxygen atoms in total. The highest BCUT2D eigenvalue weighted by atomic mass is 16.6. The van der Waals surface area contributed by atoms with Crippen molar-refractivity contribution in [2.24, 2.45) is 0 Å². The molecule has 0 unspecified atom stereocenters. The topological polar surface area (TPSA) is 65.1 Å². The van der Waals surface area contributed by atoms with Gasteiger partial charge in [-0.1, -0.05) is 30.3 Å². The Bertz CT molecular complexity index is 717. The molecule has 6 heteroatoms. The normalized spacial score (nSPS) is 10.1. The number of nitrogens with zero attached hydrogens (tertiary/aromatic N) is 1. The maximum Gasteiger partial charge on any atom is 0.344 e. The first-order valence-corrected chi connectivity index (χ1v) is 8.51. The largest absolute Gasteiger partial charge is 0.490 e. The van der Waals surface area contributed by atoms with Crippen molar-refractivity contribution in [3.05, 3.63) is 54.6 Å². The molecule has 0 aliphatic carbocycles. The maximum absolute atomic E-state index is 12.3. The third-order valence-electron chi connectivity index (χ3n) is 3.54. The summed E-state index contributed by atoms with van der Waals surface area (Å²) in [5.74, 6) is 0.104. The SMILES string of the molecule is CCOc1ccccc1OCC(=O)OCC(=O)N(CC)c1ccccc1. The molecule has 138 valence electrons. The number of carbonyl (C=O) groups excluding carboxylic acids is 2. The van der Waals surface area contributed by atoms with Gasteiger partial charge >= 0.3 is 5.97 Å². The van der Waals surface area contributed by atoms with Crippen molar-refractivity contribution in [2.75, 3.05) is 31.3 Å². The first-order valence-electron chi connectivity index (χ1n) is 8.51. The predicted octanol–water partition coefficient (Wildman–Crippen LogP) is 3.06. The predicted molar refractivity (Wildman–Crippen MR) is 98.5 cm³/mol. The van der Waals surface area contributed by atoms with Crippen LogP contribution in [0.1, 0.15) is 13.8 Å². The third kappa shape index (κ3) is 5.51. The molecule has 0 fully saturated rings. The molecule has 0 aliphatic heterocycles. The number of esters is 1. The number of benzene rings is 2. The van der Waals surface area contributed by atoms with Gasteiger partial charge < -0.3 is 19.1 Å². The summed E-state index contributed by atoms with van der Waals surface area (Å²) >= 11 is 0. The van der Waals surface area contributed by atoms with E-state index >= 15 is 0 Å². The van der Waals surface area contributed by atoms with Crippen molar-refractivity contribution in [1.29, 1.82) is 0 Å². The number of hydrogen-bond donors (Lipinski definition) is 0. The molecule has 0 aliphatic rings. The van der Waals surface area contributed by atoms with Gasteiger partial charge in [-0.3, -0.25) is 4.79 Å². The van der Waals surface area contributed by atoms with Gasteiger partial charge in [-0.25, -0.2) is 4.79 Å². The zero-order chi connectivity index (χ0) is 18.8. The van der Waals surface area contributed by atoms with Crippen LogP contribution in [0.5, 0.6) is 11.5 Å².